The van der Waals surface area contributed by atoms with Gasteiger partial charge < -0.3 is 10.5 Å². The monoisotopic (exact) mass is 249 g/mol. The zero-order valence-electron chi connectivity index (χ0n) is 11.6. The van der Waals surface area contributed by atoms with Gasteiger partial charge in [-0.05, 0) is 45.6 Å². The molecule has 0 spiro atoms. The van der Waals surface area contributed by atoms with Gasteiger partial charge in [0.1, 0.15) is 5.60 Å². The van der Waals surface area contributed by atoms with Crippen LogP contribution in [0.25, 0.3) is 0 Å². The van der Waals surface area contributed by atoms with Crippen molar-refractivity contribution in [3.63, 3.8) is 0 Å². The van der Waals surface area contributed by atoms with Crippen molar-refractivity contribution in [2.75, 3.05) is 7.11 Å². The molecule has 1 saturated carbocycles. The topological polar surface area (TPSA) is 61.0 Å². The van der Waals surface area contributed by atoms with Crippen LogP contribution >= 0.6 is 0 Å². The normalized spacial score (nSPS) is 20.0. The van der Waals surface area contributed by atoms with E-state index in [1.165, 1.54) is 12.8 Å². The fourth-order valence-electron chi connectivity index (χ4n) is 2.74. The Morgan fingerprint density at radius 3 is 2.61 bits per heavy atom. The van der Waals surface area contributed by atoms with Crippen molar-refractivity contribution >= 4 is 0 Å². The number of aryl methyl sites for hydroxylation is 1. The Labute approximate surface area is 109 Å². The van der Waals surface area contributed by atoms with Gasteiger partial charge in [0.25, 0.3) is 0 Å². The minimum absolute atomic E-state index is 0.120. The van der Waals surface area contributed by atoms with Crippen LogP contribution in [0, 0.1) is 6.92 Å². The van der Waals surface area contributed by atoms with Crippen LogP contribution in [-0.4, -0.2) is 23.1 Å². The molecule has 0 bridgehead atoms. The van der Waals surface area contributed by atoms with Crippen molar-refractivity contribution in [1.82, 2.24) is 9.97 Å². The van der Waals surface area contributed by atoms with Crippen LogP contribution in [-0.2, 0) is 16.8 Å². The lowest BCUT2D eigenvalue weighted by atomic mass is 10.0. The van der Waals surface area contributed by atoms with Crippen molar-refractivity contribution in [2.45, 2.75) is 57.6 Å². The molecule has 0 amide bonds. The predicted octanol–water partition coefficient (Wildman–Crippen LogP) is 2.09. The molecule has 4 nitrogen and oxygen atoms in total. The number of hydrogen-bond acceptors (Lipinski definition) is 4. The van der Waals surface area contributed by atoms with Crippen molar-refractivity contribution in [2.24, 2.45) is 5.73 Å². The van der Waals surface area contributed by atoms with Gasteiger partial charge in [0.2, 0.25) is 0 Å². The number of aromatic nitrogens is 2. The molecule has 1 aromatic heterocycles. The third-order valence-electron chi connectivity index (χ3n) is 3.65. The van der Waals surface area contributed by atoms with E-state index >= 15 is 0 Å². The molecule has 0 aliphatic heterocycles. The average Bonchev–Trinajstić information content (AvgIpc) is 2.76. The first-order valence-electron chi connectivity index (χ1n) is 6.71. The number of ether oxygens (including phenoxy) is 1. The molecule has 0 aromatic carbocycles. The molecule has 1 unspecified atom stereocenters. The summed E-state index contributed by atoms with van der Waals surface area (Å²) < 4.78 is 5.74. The van der Waals surface area contributed by atoms with E-state index in [9.17, 15) is 0 Å². The van der Waals surface area contributed by atoms with Gasteiger partial charge in [-0.25, -0.2) is 9.97 Å². The summed E-state index contributed by atoms with van der Waals surface area (Å²) in [6.45, 7) is 4.01. The third kappa shape index (κ3) is 2.70. The minimum Gasteiger partial charge on any atom is -0.370 e. The van der Waals surface area contributed by atoms with E-state index in [0.29, 0.717) is 0 Å². The molecule has 1 aliphatic carbocycles. The van der Waals surface area contributed by atoms with Gasteiger partial charge >= 0.3 is 0 Å². The second-order valence-corrected chi connectivity index (χ2v) is 5.41. The molecule has 2 N–H and O–H groups in total. The fourth-order valence-corrected chi connectivity index (χ4v) is 2.74. The van der Waals surface area contributed by atoms with Gasteiger partial charge in [-0.2, -0.15) is 0 Å². The SMILES string of the molecule is COC1(c2nc(C)cc(CC(C)N)n2)CCCC1. The number of nitrogens with two attached hydrogens (primary N) is 1. The zero-order valence-corrected chi connectivity index (χ0v) is 11.6. The second-order valence-electron chi connectivity index (χ2n) is 5.41. The minimum atomic E-state index is -0.265. The van der Waals surface area contributed by atoms with E-state index in [2.05, 4.69) is 9.97 Å². The Balaban J connectivity index is 2.34. The van der Waals surface area contributed by atoms with E-state index in [-0.39, 0.29) is 11.6 Å². The summed E-state index contributed by atoms with van der Waals surface area (Å²) >= 11 is 0. The lowest BCUT2D eigenvalue weighted by Crippen LogP contribution is -2.29. The number of rotatable bonds is 4. The molecule has 1 fully saturated rings. The van der Waals surface area contributed by atoms with Crippen molar-refractivity contribution in [3.05, 3.63) is 23.3 Å². The predicted molar refractivity (Wildman–Crippen MR) is 71.3 cm³/mol. The highest BCUT2D eigenvalue weighted by Crippen LogP contribution is 2.40. The number of hydrogen-bond donors (Lipinski definition) is 1. The highest BCUT2D eigenvalue weighted by atomic mass is 16.5. The number of nitrogens with zero attached hydrogens (tertiary/aromatic N) is 2. The van der Waals surface area contributed by atoms with Crippen LogP contribution in [0.4, 0.5) is 0 Å². The van der Waals surface area contributed by atoms with Gasteiger partial charge in [0.15, 0.2) is 5.82 Å². The van der Waals surface area contributed by atoms with Gasteiger partial charge in [-0.1, -0.05) is 0 Å². The van der Waals surface area contributed by atoms with Crippen molar-refractivity contribution in [1.29, 1.82) is 0 Å². The summed E-state index contributed by atoms with van der Waals surface area (Å²) in [6.07, 6.45) is 5.20. The maximum atomic E-state index is 5.85. The van der Waals surface area contributed by atoms with Crippen LogP contribution in [0.2, 0.25) is 0 Å². The first kappa shape index (κ1) is 13.4. The molecule has 100 valence electrons. The lowest BCUT2D eigenvalue weighted by Gasteiger charge is -2.26. The number of methoxy groups -OCH3 is 1. The molecule has 1 atom stereocenters. The lowest BCUT2D eigenvalue weighted by molar-refractivity contribution is -0.0166. The van der Waals surface area contributed by atoms with Crippen LogP contribution in [0.15, 0.2) is 6.07 Å². The Morgan fingerprint density at radius 1 is 1.39 bits per heavy atom. The fraction of sp³-hybridized carbons (Fsp3) is 0.714. The van der Waals surface area contributed by atoms with Crippen LogP contribution in [0.5, 0.6) is 0 Å². The van der Waals surface area contributed by atoms with Gasteiger partial charge in [0, 0.05) is 31.0 Å². The van der Waals surface area contributed by atoms with Crippen molar-refractivity contribution < 1.29 is 4.74 Å². The Morgan fingerprint density at radius 2 is 2.06 bits per heavy atom. The molecule has 1 heterocycles. The highest BCUT2D eigenvalue weighted by Gasteiger charge is 2.38. The summed E-state index contributed by atoms with van der Waals surface area (Å²) in [5.41, 5.74) is 7.61. The highest BCUT2D eigenvalue weighted by molar-refractivity contribution is 5.16. The Kier molecular flexibility index (Phi) is 3.97. The average molecular weight is 249 g/mol. The summed E-state index contributed by atoms with van der Waals surface area (Å²) in [6, 6.07) is 2.14. The summed E-state index contributed by atoms with van der Waals surface area (Å²) in [7, 11) is 1.77. The summed E-state index contributed by atoms with van der Waals surface area (Å²) in [5.74, 6) is 0.846. The van der Waals surface area contributed by atoms with E-state index in [4.69, 9.17) is 10.5 Å². The largest absolute Gasteiger partial charge is 0.370 e. The maximum Gasteiger partial charge on any atom is 0.160 e. The van der Waals surface area contributed by atoms with E-state index < -0.39 is 0 Å². The molecule has 1 aromatic rings. The van der Waals surface area contributed by atoms with Crippen LogP contribution < -0.4 is 5.73 Å². The quantitative estimate of drug-likeness (QED) is 0.887. The van der Waals surface area contributed by atoms with Gasteiger partial charge in [-0.3, -0.25) is 0 Å². The molecule has 0 radical (unpaired) electrons. The van der Waals surface area contributed by atoms with E-state index in [0.717, 1.165) is 36.5 Å². The van der Waals surface area contributed by atoms with Crippen LogP contribution in [0.1, 0.15) is 49.8 Å². The van der Waals surface area contributed by atoms with Gasteiger partial charge in [0.05, 0.1) is 0 Å². The summed E-state index contributed by atoms with van der Waals surface area (Å²) in [4.78, 5) is 9.27. The molecular weight excluding hydrogens is 226 g/mol. The first-order valence-corrected chi connectivity index (χ1v) is 6.71. The van der Waals surface area contributed by atoms with E-state index in [1.54, 1.807) is 7.11 Å². The molecule has 1 aliphatic rings. The van der Waals surface area contributed by atoms with E-state index in [1.807, 2.05) is 19.9 Å². The first-order chi connectivity index (χ1) is 8.55. The second kappa shape index (κ2) is 5.33. The summed E-state index contributed by atoms with van der Waals surface area (Å²) in [5, 5.41) is 0. The smallest absolute Gasteiger partial charge is 0.160 e. The Bertz CT molecular complexity index is 412. The standard InChI is InChI=1S/C14H23N3O/c1-10(15)8-12-9-11(2)16-13(17-12)14(18-3)6-4-5-7-14/h9-10H,4-8,15H2,1-3H3. The molecule has 4 heteroatoms. The molecule has 2 rings (SSSR count). The van der Waals surface area contributed by atoms with Crippen LogP contribution in [0.3, 0.4) is 0 Å². The molecule has 18 heavy (non-hydrogen) atoms. The zero-order chi connectivity index (χ0) is 13.2. The molecular formula is C14H23N3O. The van der Waals surface area contributed by atoms with Crippen molar-refractivity contribution in [3.8, 4) is 0 Å². The Hall–Kier alpha value is -1.00. The third-order valence-corrected chi connectivity index (χ3v) is 3.65. The maximum absolute atomic E-state index is 5.85. The molecule has 0 saturated heterocycles. The van der Waals surface area contributed by atoms with Gasteiger partial charge in [-0.15, -0.1) is 0 Å².